The molecule has 0 aliphatic rings. The molecule has 5 nitrogen and oxygen atoms in total. The number of hydrogen-bond donors (Lipinski definition) is 0. The number of thioether (sulfide) groups is 1. The van der Waals surface area contributed by atoms with Gasteiger partial charge in [0.05, 0.1) is 5.16 Å². The Balaban J connectivity index is 5.68. The fraction of sp³-hybridized carbons (Fsp3) is 1.00. The zero-order valence-electron chi connectivity index (χ0n) is 16.7. The quantitative estimate of drug-likeness (QED) is 0.286. The van der Waals surface area contributed by atoms with Gasteiger partial charge in [0.15, 0.2) is 0 Å². The van der Waals surface area contributed by atoms with Gasteiger partial charge in [-0.1, -0.05) is 6.92 Å². The van der Waals surface area contributed by atoms with Crippen molar-refractivity contribution in [1.82, 2.24) is 0 Å². The van der Waals surface area contributed by atoms with Crippen molar-refractivity contribution in [3.8, 4) is 0 Å². The second kappa shape index (κ2) is 13.7. The summed E-state index contributed by atoms with van der Waals surface area (Å²) in [5.74, 6) is 1.11. The third-order valence-electron chi connectivity index (χ3n) is 3.88. The van der Waals surface area contributed by atoms with Crippen LogP contribution in [0.25, 0.3) is 0 Å². The molecule has 0 amide bonds. The van der Waals surface area contributed by atoms with E-state index in [2.05, 4.69) is 13.2 Å². The maximum atomic E-state index is 6.33. The molecule has 8 heteroatoms. The zero-order valence-corrected chi connectivity index (χ0v) is 19.5. The second-order valence-corrected chi connectivity index (χ2v) is 13.5. The molecule has 0 saturated heterocycles. The SMILES string of the molecule is CCO[Si](CCCSC)(OCC)C(C)[Si](OCC)(OCC)OCC. The summed E-state index contributed by atoms with van der Waals surface area (Å²) < 4.78 is 31.1. The van der Waals surface area contributed by atoms with Crippen molar-refractivity contribution in [2.45, 2.75) is 59.2 Å². The van der Waals surface area contributed by atoms with Crippen LogP contribution in [0, 0.1) is 0 Å². The first-order valence-corrected chi connectivity index (χ1v) is 14.5. The number of hydrogen-bond acceptors (Lipinski definition) is 6. The van der Waals surface area contributed by atoms with E-state index in [1.54, 1.807) is 0 Å². The Labute approximate surface area is 155 Å². The lowest BCUT2D eigenvalue weighted by atomic mass is 10.6. The van der Waals surface area contributed by atoms with Crippen LogP contribution in [0.5, 0.6) is 0 Å². The van der Waals surface area contributed by atoms with Gasteiger partial charge < -0.3 is 22.1 Å². The summed E-state index contributed by atoms with van der Waals surface area (Å²) in [7, 11) is -5.37. The fourth-order valence-corrected chi connectivity index (χ4v) is 12.7. The molecular weight excluding hydrogens is 360 g/mol. The van der Waals surface area contributed by atoms with Crippen LogP contribution >= 0.6 is 11.8 Å². The third kappa shape index (κ3) is 7.07. The maximum Gasteiger partial charge on any atom is 0.505 e. The van der Waals surface area contributed by atoms with Crippen molar-refractivity contribution in [2.24, 2.45) is 0 Å². The lowest BCUT2D eigenvalue weighted by molar-refractivity contribution is 0.0608. The van der Waals surface area contributed by atoms with Gasteiger partial charge in [0, 0.05) is 33.0 Å². The van der Waals surface area contributed by atoms with Gasteiger partial charge in [-0.25, -0.2) is 0 Å². The molecule has 0 bridgehead atoms. The van der Waals surface area contributed by atoms with Crippen molar-refractivity contribution in [1.29, 1.82) is 0 Å². The van der Waals surface area contributed by atoms with E-state index in [0.717, 1.165) is 18.2 Å². The van der Waals surface area contributed by atoms with E-state index in [0.29, 0.717) is 33.0 Å². The van der Waals surface area contributed by atoms with Gasteiger partial charge in [0.1, 0.15) is 0 Å². The smallest absolute Gasteiger partial charge is 0.394 e. The molecule has 24 heavy (non-hydrogen) atoms. The van der Waals surface area contributed by atoms with Crippen LogP contribution in [0.4, 0.5) is 0 Å². The first-order chi connectivity index (χ1) is 11.5. The molecule has 0 aromatic heterocycles. The Morgan fingerprint density at radius 1 is 0.750 bits per heavy atom. The monoisotopic (exact) mass is 398 g/mol. The van der Waals surface area contributed by atoms with Gasteiger partial charge in [-0.2, -0.15) is 11.8 Å². The Kier molecular flexibility index (Phi) is 14.1. The number of rotatable bonds is 16. The van der Waals surface area contributed by atoms with E-state index in [1.165, 1.54) is 0 Å². The molecule has 1 atom stereocenters. The summed E-state index contributed by atoms with van der Waals surface area (Å²) in [5, 5.41) is 0.0339. The maximum absolute atomic E-state index is 6.33. The predicted octanol–water partition coefficient (Wildman–Crippen LogP) is 4.23. The van der Waals surface area contributed by atoms with Gasteiger partial charge in [0.25, 0.3) is 0 Å². The largest absolute Gasteiger partial charge is 0.505 e. The topological polar surface area (TPSA) is 46.2 Å². The molecular formula is C16H38O5SSi2. The predicted molar refractivity (Wildman–Crippen MR) is 107 cm³/mol. The highest BCUT2D eigenvalue weighted by atomic mass is 32.2. The molecule has 0 N–H and O–H groups in total. The zero-order chi connectivity index (χ0) is 18.5. The molecule has 0 aliphatic carbocycles. The van der Waals surface area contributed by atoms with E-state index < -0.39 is 17.4 Å². The van der Waals surface area contributed by atoms with E-state index in [1.807, 2.05) is 46.4 Å². The molecule has 0 aliphatic heterocycles. The van der Waals surface area contributed by atoms with Gasteiger partial charge in [-0.3, -0.25) is 0 Å². The van der Waals surface area contributed by atoms with Gasteiger partial charge >= 0.3 is 17.4 Å². The molecule has 0 aromatic rings. The Morgan fingerprint density at radius 2 is 1.17 bits per heavy atom. The molecule has 0 saturated carbocycles. The van der Waals surface area contributed by atoms with Crippen LogP contribution in [0.3, 0.4) is 0 Å². The van der Waals surface area contributed by atoms with Crippen molar-refractivity contribution in [3.05, 3.63) is 0 Å². The normalized spacial score (nSPS) is 14.1. The van der Waals surface area contributed by atoms with Crippen LogP contribution in [0.15, 0.2) is 0 Å². The molecule has 1 unspecified atom stereocenters. The summed E-state index contributed by atoms with van der Waals surface area (Å²) in [6.07, 6.45) is 3.21. The summed E-state index contributed by atoms with van der Waals surface area (Å²) in [6, 6.07) is 0.943. The van der Waals surface area contributed by atoms with Crippen molar-refractivity contribution in [3.63, 3.8) is 0 Å². The van der Waals surface area contributed by atoms with Crippen LogP contribution < -0.4 is 0 Å². The molecule has 0 aromatic carbocycles. The van der Waals surface area contributed by atoms with Crippen molar-refractivity contribution in [2.75, 3.05) is 45.0 Å². The highest BCUT2D eigenvalue weighted by Crippen LogP contribution is 2.39. The first-order valence-electron chi connectivity index (χ1n) is 9.20. The summed E-state index contributed by atoms with van der Waals surface area (Å²) in [4.78, 5) is 0. The minimum atomic E-state index is -2.86. The minimum absolute atomic E-state index is 0.0339. The van der Waals surface area contributed by atoms with E-state index in [-0.39, 0.29) is 5.16 Å². The first kappa shape index (κ1) is 24.6. The summed E-state index contributed by atoms with van der Waals surface area (Å²) in [6.45, 7) is 15.2. The molecule has 0 rings (SSSR count). The fourth-order valence-electron chi connectivity index (χ4n) is 2.98. The van der Waals surface area contributed by atoms with Crippen molar-refractivity contribution < 1.29 is 22.1 Å². The van der Waals surface area contributed by atoms with Gasteiger partial charge in [-0.15, -0.1) is 0 Å². The van der Waals surface area contributed by atoms with E-state index in [9.17, 15) is 0 Å². The molecule has 0 fully saturated rings. The van der Waals surface area contributed by atoms with Gasteiger partial charge in [-0.05, 0) is 59.1 Å². The lowest BCUT2D eigenvalue weighted by Gasteiger charge is -2.42. The Hall–Kier alpha value is 0.584. The highest BCUT2D eigenvalue weighted by Gasteiger charge is 2.60. The van der Waals surface area contributed by atoms with Gasteiger partial charge in [0.2, 0.25) is 0 Å². The molecule has 0 spiro atoms. The second-order valence-electron chi connectivity index (χ2n) is 5.40. The Morgan fingerprint density at radius 3 is 1.50 bits per heavy atom. The Bertz CT molecular complexity index is 287. The molecule has 0 heterocycles. The third-order valence-corrected chi connectivity index (χ3v) is 14.0. The summed E-state index contributed by atoms with van der Waals surface area (Å²) >= 11 is 1.86. The van der Waals surface area contributed by atoms with Crippen LogP contribution in [0.2, 0.25) is 11.2 Å². The minimum Gasteiger partial charge on any atom is -0.394 e. The molecule has 0 radical (unpaired) electrons. The van der Waals surface area contributed by atoms with Crippen molar-refractivity contribution >= 4 is 29.1 Å². The van der Waals surface area contributed by atoms with Crippen LogP contribution in [-0.4, -0.2) is 62.4 Å². The summed E-state index contributed by atoms with van der Waals surface area (Å²) in [5.41, 5.74) is 0. The molecule has 146 valence electrons. The standard InChI is InChI=1S/C16H38O5SSi2/c1-8-17-23(18-9-2,15-13-14-22-7)16(6)24(19-10-3,20-11-4)21-12-5/h16H,8-15H2,1-7H3. The van der Waals surface area contributed by atoms with Crippen LogP contribution in [0.1, 0.15) is 48.0 Å². The highest BCUT2D eigenvalue weighted by molar-refractivity contribution is 7.98. The average molecular weight is 399 g/mol. The van der Waals surface area contributed by atoms with E-state index in [4.69, 9.17) is 22.1 Å². The van der Waals surface area contributed by atoms with Crippen LogP contribution in [-0.2, 0) is 22.1 Å². The lowest BCUT2D eigenvalue weighted by Crippen LogP contribution is -2.61. The van der Waals surface area contributed by atoms with E-state index >= 15 is 0 Å². The average Bonchev–Trinajstić information content (AvgIpc) is 2.55.